The van der Waals surface area contributed by atoms with E-state index >= 15 is 0 Å². The van der Waals surface area contributed by atoms with Gasteiger partial charge in [0.15, 0.2) is 0 Å². The van der Waals surface area contributed by atoms with E-state index in [1.165, 1.54) is 18.4 Å². The number of aryl methyl sites for hydroxylation is 2. The van der Waals surface area contributed by atoms with Crippen molar-refractivity contribution in [2.75, 3.05) is 7.11 Å². The molecule has 1 N–H and O–H groups in total. The third-order valence-corrected chi connectivity index (χ3v) is 4.86. The smallest absolute Gasteiger partial charge is 0.342 e. The quantitative estimate of drug-likeness (QED) is 0.736. The number of benzene rings is 1. The molecule has 0 bridgehead atoms. The predicted molar refractivity (Wildman–Crippen MR) is 91.8 cm³/mol. The zero-order valence-corrected chi connectivity index (χ0v) is 14.3. The number of fused-ring (bicyclic) bond motifs is 1. The minimum Gasteiger partial charge on any atom is -0.496 e. The Bertz CT molecular complexity index is 974. The number of carbonyl (C=O) groups excluding carboxylic acids is 1. The van der Waals surface area contributed by atoms with Crippen LogP contribution in [0.5, 0.6) is 5.75 Å². The maximum atomic E-state index is 12.2. The molecule has 3 rings (SSSR count). The summed E-state index contributed by atoms with van der Waals surface area (Å²) in [4.78, 5) is 33.1. The minimum atomic E-state index is -0.534. The molecule has 0 radical (unpaired) electrons. The fourth-order valence-corrected chi connectivity index (χ4v) is 3.44. The van der Waals surface area contributed by atoms with Crippen molar-refractivity contribution in [2.45, 2.75) is 20.5 Å². The summed E-state index contributed by atoms with van der Waals surface area (Å²) in [7, 11) is 1.49. The second-order valence-corrected chi connectivity index (χ2v) is 6.46. The number of carbonyl (C=O) groups is 1. The second kappa shape index (κ2) is 6.45. The van der Waals surface area contributed by atoms with Crippen molar-refractivity contribution in [3.8, 4) is 5.75 Å². The largest absolute Gasteiger partial charge is 0.496 e. The van der Waals surface area contributed by atoms with Crippen molar-refractivity contribution in [1.82, 2.24) is 9.97 Å². The lowest BCUT2D eigenvalue weighted by atomic mass is 10.2. The van der Waals surface area contributed by atoms with Crippen LogP contribution in [-0.4, -0.2) is 23.0 Å². The SMILES string of the molecule is COc1ccccc1C(=O)OCc1nc2sc(C)c(C)c2c(=O)[nH]1. The monoisotopic (exact) mass is 344 g/mol. The highest BCUT2D eigenvalue weighted by atomic mass is 32.1. The van der Waals surface area contributed by atoms with Crippen LogP contribution in [-0.2, 0) is 11.3 Å². The molecule has 0 fully saturated rings. The molecular weight excluding hydrogens is 328 g/mol. The highest BCUT2D eigenvalue weighted by Gasteiger charge is 2.15. The van der Waals surface area contributed by atoms with Gasteiger partial charge in [0.2, 0.25) is 0 Å². The number of esters is 1. The van der Waals surface area contributed by atoms with E-state index in [0.29, 0.717) is 27.4 Å². The molecule has 124 valence electrons. The molecule has 7 heteroatoms. The van der Waals surface area contributed by atoms with Crippen LogP contribution < -0.4 is 10.3 Å². The van der Waals surface area contributed by atoms with Gasteiger partial charge in [0, 0.05) is 4.88 Å². The molecule has 1 aromatic carbocycles. The summed E-state index contributed by atoms with van der Waals surface area (Å²) in [6.45, 7) is 3.73. The average Bonchev–Trinajstić information content (AvgIpc) is 2.87. The van der Waals surface area contributed by atoms with Crippen LogP contribution in [0.3, 0.4) is 0 Å². The Morgan fingerprint density at radius 2 is 2.04 bits per heavy atom. The van der Waals surface area contributed by atoms with E-state index in [1.807, 2.05) is 13.8 Å². The van der Waals surface area contributed by atoms with E-state index in [4.69, 9.17) is 9.47 Å². The van der Waals surface area contributed by atoms with E-state index in [9.17, 15) is 9.59 Å². The number of ether oxygens (including phenoxy) is 2. The molecule has 0 saturated carbocycles. The topological polar surface area (TPSA) is 81.3 Å². The average molecular weight is 344 g/mol. The van der Waals surface area contributed by atoms with Gasteiger partial charge in [0.05, 0.1) is 12.5 Å². The summed E-state index contributed by atoms with van der Waals surface area (Å²) in [5, 5.41) is 0.595. The normalized spacial score (nSPS) is 10.8. The van der Waals surface area contributed by atoms with Crippen LogP contribution in [0.2, 0.25) is 0 Å². The van der Waals surface area contributed by atoms with Gasteiger partial charge in [-0.1, -0.05) is 12.1 Å². The van der Waals surface area contributed by atoms with Gasteiger partial charge in [-0.2, -0.15) is 0 Å². The number of methoxy groups -OCH3 is 1. The number of nitrogens with one attached hydrogen (secondary N) is 1. The third kappa shape index (κ3) is 2.90. The van der Waals surface area contributed by atoms with Gasteiger partial charge >= 0.3 is 5.97 Å². The molecule has 24 heavy (non-hydrogen) atoms. The number of aromatic amines is 1. The lowest BCUT2D eigenvalue weighted by Gasteiger charge is -2.08. The molecule has 2 aromatic heterocycles. The minimum absolute atomic E-state index is 0.113. The van der Waals surface area contributed by atoms with Crippen LogP contribution in [0, 0.1) is 13.8 Å². The Hall–Kier alpha value is -2.67. The van der Waals surface area contributed by atoms with E-state index in [2.05, 4.69) is 9.97 Å². The first-order valence-electron chi connectivity index (χ1n) is 7.30. The van der Waals surface area contributed by atoms with E-state index < -0.39 is 5.97 Å². The zero-order chi connectivity index (χ0) is 17.3. The van der Waals surface area contributed by atoms with Crippen molar-refractivity contribution in [3.63, 3.8) is 0 Å². The third-order valence-electron chi connectivity index (χ3n) is 3.75. The lowest BCUT2D eigenvalue weighted by molar-refractivity contribution is 0.0458. The number of nitrogens with zero attached hydrogens (tertiary/aromatic N) is 1. The van der Waals surface area contributed by atoms with Gasteiger partial charge in [-0.25, -0.2) is 9.78 Å². The number of thiophene rings is 1. The zero-order valence-electron chi connectivity index (χ0n) is 13.5. The van der Waals surface area contributed by atoms with Crippen molar-refractivity contribution < 1.29 is 14.3 Å². The molecule has 6 nitrogen and oxygen atoms in total. The summed E-state index contributed by atoms with van der Waals surface area (Å²) < 4.78 is 10.4. The molecule has 0 unspecified atom stereocenters. The van der Waals surface area contributed by atoms with Crippen molar-refractivity contribution in [1.29, 1.82) is 0 Å². The molecular formula is C17H16N2O4S. The van der Waals surface area contributed by atoms with Crippen LogP contribution >= 0.6 is 11.3 Å². The Morgan fingerprint density at radius 1 is 1.29 bits per heavy atom. The summed E-state index contributed by atoms with van der Waals surface area (Å²) >= 11 is 1.45. The standard InChI is InChI=1S/C17H16N2O4S/c1-9-10(2)24-16-14(9)15(20)18-13(19-16)8-23-17(21)11-6-4-5-7-12(11)22-3/h4-7H,8H2,1-3H3,(H,18,19,20). The Labute approximate surface area is 142 Å². The Balaban J connectivity index is 1.83. The second-order valence-electron chi connectivity index (χ2n) is 5.25. The fraction of sp³-hybridized carbons (Fsp3) is 0.235. The van der Waals surface area contributed by atoms with Crippen molar-refractivity contribution in [2.24, 2.45) is 0 Å². The van der Waals surface area contributed by atoms with Gasteiger partial charge < -0.3 is 14.5 Å². The summed E-state index contributed by atoms with van der Waals surface area (Å²) in [5.41, 5.74) is 1.04. The maximum Gasteiger partial charge on any atom is 0.342 e. The van der Waals surface area contributed by atoms with Crippen LogP contribution in [0.15, 0.2) is 29.1 Å². The van der Waals surface area contributed by atoms with Gasteiger partial charge in [0.1, 0.15) is 28.6 Å². The number of para-hydroxylation sites is 1. The van der Waals surface area contributed by atoms with Crippen LogP contribution in [0.1, 0.15) is 26.6 Å². The summed E-state index contributed by atoms with van der Waals surface area (Å²) in [6.07, 6.45) is 0. The Kier molecular flexibility index (Phi) is 4.35. The number of aromatic nitrogens is 2. The lowest BCUT2D eigenvalue weighted by Crippen LogP contribution is -2.14. The number of hydrogen-bond donors (Lipinski definition) is 1. The van der Waals surface area contributed by atoms with E-state index in [0.717, 1.165) is 10.4 Å². The molecule has 0 aliphatic heterocycles. The fourth-order valence-electron chi connectivity index (χ4n) is 2.39. The first-order chi connectivity index (χ1) is 11.5. The number of hydrogen-bond acceptors (Lipinski definition) is 6. The summed E-state index contributed by atoms with van der Waals surface area (Å²) in [5.74, 6) is 0.217. The summed E-state index contributed by atoms with van der Waals surface area (Å²) in [6, 6.07) is 6.79. The van der Waals surface area contributed by atoms with Crippen molar-refractivity contribution in [3.05, 3.63) is 56.4 Å². The molecule has 0 atom stereocenters. The van der Waals surface area contributed by atoms with Crippen LogP contribution in [0.4, 0.5) is 0 Å². The molecule has 0 aliphatic rings. The first-order valence-corrected chi connectivity index (χ1v) is 8.12. The Morgan fingerprint density at radius 3 is 2.79 bits per heavy atom. The maximum absolute atomic E-state index is 12.2. The molecule has 2 heterocycles. The van der Waals surface area contributed by atoms with Crippen LogP contribution in [0.25, 0.3) is 10.2 Å². The molecule has 0 amide bonds. The molecule has 0 saturated heterocycles. The predicted octanol–water partition coefficient (Wildman–Crippen LogP) is 2.97. The first kappa shape index (κ1) is 16.2. The van der Waals surface area contributed by atoms with Gasteiger partial charge in [0.25, 0.3) is 5.56 Å². The highest BCUT2D eigenvalue weighted by molar-refractivity contribution is 7.18. The van der Waals surface area contributed by atoms with E-state index in [-0.39, 0.29) is 12.2 Å². The number of rotatable bonds is 4. The highest BCUT2D eigenvalue weighted by Crippen LogP contribution is 2.25. The van der Waals surface area contributed by atoms with Gasteiger partial charge in [-0.05, 0) is 31.5 Å². The van der Waals surface area contributed by atoms with Gasteiger partial charge in [-0.3, -0.25) is 4.79 Å². The molecule has 0 spiro atoms. The van der Waals surface area contributed by atoms with E-state index in [1.54, 1.807) is 24.3 Å². The number of H-pyrrole nitrogens is 1. The van der Waals surface area contributed by atoms with Crippen molar-refractivity contribution >= 4 is 27.5 Å². The molecule has 0 aliphatic carbocycles. The van der Waals surface area contributed by atoms with Gasteiger partial charge in [-0.15, -0.1) is 11.3 Å². The molecule has 3 aromatic rings.